The lowest BCUT2D eigenvalue weighted by molar-refractivity contribution is -0.384. The number of carbonyl (C=O) groups is 1. The van der Waals surface area contributed by atoms with Gasteiger partial charge in [-0.1, -0.05) is 11.6 Å². The molecule has 0 spiro atoms. The van der Waals surface area contributed by atoms with Crippen LogP contribution in [0.15, 0.2) is 12.1 Å². The van der Waals surface area contributed by atoms with Crippen molar-refractivity contribution in [2.24, 2.45) is 5.92 Å². The molecule has 0 amide bonds. The Morgan fingerprint density at radius 2 is 2.10 bits per heavy atom. The maximum absolute atomic E-state index is 13.4. The highest BCUT2D eigenvalue weighted by molar-refractivity contribution is 6.31. The summed E-state index contributed by atoms with van der Waals surface area (Å²) in [4.78, 5) is 23.6. The number of rotatable bonds is 3. The summed E-state index contributed by atoms with van der Waals surface area (Å²) in [6, 6.07) is 2.08. The highest BCUT2D eigenvalue weighted by Crippen LogP contribution is 2.35. The number of hydrogen-bond acceptors (Lipinski definition) is 5. The molecule has 8 heteroatoms. The lowest BCUT2D eigenvalue weighted by Gasteiger charge is -2.32. The molecule has 0 N–H and O–H groups in total. The zero-order valence-electron chi connectivity index (χ0n) is 11.3. The first-order valence-corrected chi connectivity index (χ1v) is 6.78. The van der Waals surface area contributed by atoms with Crippen LogP contribution in [-0.4, -0.2) is 31.1 Å². The number of piperidine rings is 1. The van der Waals surface area contributed by atoms with Crippen LogP contribution in [0.5, 0.6) is 0 Å². The van der Waals surface area contributed by atoms with Gasteiger partial charge in [0, 0.05) is 13.1 Å². The van der Waals surface area contributed by atoms with Crippen LogP contribution in [0.3, 0.4) is 0 Å². The van der Waals surface area contributed by atoms with Crippen molar-refractivity contribution in [2.75, 3.05) is 25.1 Å². The van der Waals surface area contributed by atoms with Gasteiger partial charge in [-0.25, -0.2) is 4.39 Å². The number of nitrogens with zero attached hydrogens (tertiary/aromatic N) is 2. The molecule has 0 aliphatic carbocycles. The third-order valence-corrected chi connectivity index (χ3v) is 3.87. The first kappa shape index (κ1) is 15.5. The molecule has 1 aliphatic heterocycles. The third kappa shape index (κ3) is 3.24. The molecular formula is C13H14ClFN2O4. The number of ether oxygens (including phenoxy) is 1. The zero-order valence-corrected chi connectivity index (χ0v) is 12.1. The Morgan fingerprint density at radius 3 is 2.62 bits per heavy atom. The molecule has 0 radical (unpaired) electrons. The van der Waals surface area contributed by atoms with E-state index in [1.54, 1.807) is 4.90 Å². The summed E-state index contributed by atoms with van der Waals surface area (Å²) in [5.74, 6) is -1.31. The second-order valence-corrected chi connectivity index (χ2v) is 5.20. The summed E-state index contributed by atoms with van der Waals surface area (Å²) in [5.41, 5.74) is -0.0527. The average molecular weight is 317 g/mol. The molecule has 1 aliphatic rings. The van der Waals surface area contributed by atoms with Crippen LogP contribution in [-0.2, 0) is 9.53 Å². The number of halogens is 2. The van der Waals surface area contributed by atoms with Crippen LogP contribution in [0.25, 0.3) is 0 Å². The highest BCUT2D eigenvalue weighted by Gasteiger charge is 2.29. The summed E-state index contributed by atoms with van der Waals surface area (Å²) in [6.07, 6.45) is 1.05. The molecule has 21 heavy (non-hydrogen) atoms. The maximum Gasteiger partial charge on any atom is 0.308 e. The van der Waals surface area contributed by atoms with Crippen LogP contribution >= 0.6 is 11.6 Å². The van der Waals surface area contributed by atoms with Gasteiger partial charge in [-0.3, -0.25) is 14.9 Å². The number of esters is 1. The van der Waals surface area contributed by atoms with E-state index in [2.05, 4.69) is 0 Å². The summed E-state index contributed by atoms with van der Waals surface area (Å²) in [5, 5.41) is 10.9. The molecule has 0 saturated carbocycles. The molecule has 1 aromatic carbocycles. The number of anilines is 1. The fourth-order valence-electron chi connectivity index (χ4n) is 2.45. The van der Waals surface area contributed by atoms with Crippen LogP contribution < -0.4 is 4.90 Å². The van der Waals surface area contributed by atoms with Crippen LogP contribution in [0.1, 0.15) is 12.8 Å². The van der Waals surface area contributed by atoms with Crippen LogP contribution in [0, 0.1) is 21.8 Å². The fourth-order valence-corrected chi connectivity index (χ4v) is 2.61. The standard InChI is InChI=1S/C13H14ClFN2O4/c1-21-13(18)8-2-4-16(5-3-8)11-6-9(14)10(15)7-12(11)17(19)20/h6-8H,2-5H2,1H3. The molecular weight excluding hydrogens is 303 g/mol. The van der Waals surface area contributed by atoms with Gasteiger partial charge >= 0.3 is 5.97 Å². The Morgan fingerprint density at radius 1 is 1.48 bits per heavy atom. The van der Waals surface area contributed by atoms with E-state index in [1.807, 2.05) is 0 Å². The van der Waals surface area contributed by atoms with E-state index in [0.717, 1.165) is 6.07 Å². The first-order chi connectivity index (χ1) is 9.93. The molecule has 0 unspecified atom stereocenters. The monoisotopic (exact) mass is 316 g/mol. The fraction of sp³-hybridized carbons (Fsp3) is 0.462. The van der Waals surface area contributed by atoms with Crippen molar-refractivity contribution in [3.63, 3.8) is 0 Å². The van der Waals surface area contributed by atoms with E-state index in [9.17, 15) is 19.3 Å². The van der Waals surface area contributed by atoms with Gasteiger partial charge in [0.25, 0.3) is 5.69 Å². The summed E-state index contributed by atoms with van der Waals surface area (Å²) in [7, 11) is 1.33. The van der Waals surface area contributed by atoms with Gasteiger partial charge in [-0.15, -0.1) is 0 Å². The van der Waals surface area contributed by atoms with E-state index in [1.165, 1.54) is 13.2 Å². The minimum absolute atomic E-state index is 0.161. The van der Waals surface area contributed by atoms with Gasteiger partial charge in [0.2, 0.25) is 0 Å². The number of nitro groups is 1. The predicted molar refractivity (Wildman–Crippen MR) is 75.0 cm³/mol. The van der Waals surface area contributed by atoms with Crippen molar-refractivity contribution in [3.05, 3.63) is 33.1 Å². The Bertz CT molecular complexity index is 574. The van der Waals surface area contributed by atoms with Gasteiger partial charge in [0.15, 0.2) is 0 Å². The first-order valence-electron chi connectivity index (χ1n) is 6.40. The van der Waals surface area contributed by atoms with Crippen molar-refractivity contribution in [1.29, 1.82) is 0 Å². The molecule has 0 aromatic heterocycles. The van der Waals surface area contributed by atoms with Gasteiger partial charge in [-0.05, 0) is 18.9 Å². The Kier molecular flexibility index (Phi) is 4.62. The maximum atomic E-state index is 13.4. The molecule has 0 bridgehead atoms. The quantitative estimate of drug-likeness (QED) is 0.487. The summed E-state index contributed by atoms with van der Waals surface area (Å²) >= 11 is 5.71. The Labute approximate surface area is 125 Å². The third-order valence-electron chi connectivity index (χ3n) is 3.58. The van der Waals surface area contributed by atoms with E-state index < -0.39 is 10.7 Å². The minimum Gasteiger partial charge on any atom is -0.469 e. The van der Waals surface area contributed by atoms with Crippen LogP contribution in [0.2, 0.25) is 5.02 Å². The largest absolute Gasteiger partial charge is 0.469 e. The van der Waals surface area contributed by atoms with Gasteiger partial charge in [0.05, 0.1) is 29.0 Å². The molecule has 0 atom stereocenters. The molecule has 6 nitrogen and oxygen atoms in total. The number of benzene rings is 1. The lowest BCUT2D eigenvalue weighted by atomic mass is 9.96. The Hall–Kier alpha value is -1.89. The van der Waals surface area contributed by atoms with E-state index in [-0.39, 0.29) is 28.3 Å². The van der Waals surface area contributed by atoms with E-state index >= 15 is 0 Å². The van der Waals surface area contributed by atoms with Crippen molar-refractivity contribution in [2.45, 2.75) is 12.8 Å². The zero-order chi connectivity index (χ0) is 15.6. The molecule has 1 fully saturated rings. The topological polar surface area (TPSA) is 72.7 Å². The highest BCUT2D eigenvalue weighted by atomic mass is 35.5. The van der Waals surface area contributed by atoms with E-state index in [0.29, 0.717) is 25.9 Å². The SMILES string of the molecule is COC(=O)C1CCN(c2cc(Cl)c(F)cc2[N+](=O)[O-])CC1. The minimum atomic E-state index is -0.823. The molecule has 1 aromatic rings. The van der Waals surface area contributed by atoms with Crippen molar-refractivity contribution < 1.29 is 18.8 Å². The van der Waals surface area contributed by atoms with Crippen LogP contribution in [0.4, 0.5) is 15.8 Å². The van der Waals surface area contributed by atoms with Gasteiger partial charge in [-0.2, -0.15) is 0 Å². The lowest BCUT2D eigenvalue weighted by Crippen LogP contribution is -2.37. The van der Waals surface area contributed by atoms with Crippen molar-refractivity contribution in [1.82, 2.24) is 0 Å². The van der Waals surface area contributed by atoms with Gasteiger partial charge < -0.3 is 9.64 Å². The predicted octanol–water partition coefficient (Wildman–Crippen LogP) is 2.78. The number of methoxy groups -OCH3 is 1. The average Bonchev–Trinajstić information content (AvgIpc) is 2.48. The van der Waals surface area contributed by atoms with E-state index in [4.69, 9.17) is 16.3 Å². The smallest absolute Gasteiger partial charge is 0.308 e. The van der Waals surface area contributed by atoms with Crippen molar-refractivity contribution >= 4 is 28.9 Å². The molecule has 1 heterocycles. The molecule has 114 valence electrons. The second-order valence-electron chi connectivity index (χ2n) is 4.80. The summed E-state index contributed by atoms with van der Waals surface area (Å²) in [6.45, 7) is 0.894. The number of hydrogen-bond donors (Lipinski definition) is 0. The second kappa shape index (κ2) is 6.26. The number of carbonyl (C=O) groups excluding carboxylic acids is 1. The Balaban J connectivity index is 2.22. The normalized spacial score (nSPS) is 15.9. The molecule has 1 saturated heterocycles. The molecule has 2 rings (SSSR count). The summed E-state index contributed by atoms with van der Waals surface area (Å²) < 4.78 is 18.1. The van der Waals surface area contributed by atoms with Gasteiger partial charge in [0.1, 0.15) is 11.5 Å². The van der Waals surface area contributed by atoms with Crippen molar-refractivity contribution in [3.8, 4) is 0 Å². The number of nitro benzene ring substituents is 1.